The molecule has 0 bridgehead atoms. The highest BCUT2D eigenvalue weighted by molar-refractivity contribution is 6.09. The second-order valence-electron chi connectivity index (χ2n) is 8.33. The molecule has 2 heterocycles. The van der Waals surface area contributed by atoms with Crippen LogP contribution in [0.25, 0.3) is 0 Å². The zero-order chi connectivity index (χ0) is 22.0. The lowest BCUT2D eigenvalue weighted by Gasteiger charge is -2.29. The molecule has 0 saturated carbocycles. The normalized spacial score (nSPS) is 19.1. The van der Waals surface area contributed by atoms with Crippen molar-refractivity contribution in [1.82, 2.24) is 10.2 Å². The Labute approximate surface area is 182 Å². The van der Waals surface area contributed by atoms with Crippen molar-refractivity contribution in [3.8, 4) is 0 Å². The van der Waals surface area contributed by atoms with Crippen molar-refractivity contribution in [3.63, 3.8) is 0 Å². The van der Waals surface area contributed by atoms with Gasteiger partial charge in [0.25, 0.3) is 11.8 Å². The van der Waals surface area contributed by atoms with Crippen LogP contribution in [0.5, 0.6) is 0 Å². The molecule has 0 unspecified atom stereocenters. The number of allylic oxidation sites excluding steroid dienone is 3. The van der Waals surface area contributed by atoms with E-state index >= 15 is 0 Å². The molecule has 2 aliphatic heterocycles. The largest absolute Gasteiger partial charge is 0.501 e. The number of nitrogens with one attached hydrogen (secondary N) is 1. The summed E-state index contributed by atoms with van der Waals surface area (Å²) in [7, 11) is 5.10. The van der Waals surface area contributed by atoms with Crippen LogP contribution in [-0.2, 0) is 9.47 Å². The molecule has 1 saturated heterocycles. The van der Waals surface area contributed by atoms with E-state index in [1.54, 1.807) is 45.5 Å². The quantitative estimate of drug-likeness (QED) is 0.806. The third kappa shape index (κ3) is 4.42. The van der Waals surface area contributed by atoms with Gasteiger partial charge in [-0.25, -0.2) is 4.99 Å². The van der Waals surface area contributed by atoms with E-state index < -0.39 is 0 Å². The zero-order valence-corrected chi connectivity index (χ0v) is 18.4. The third-order valence-corrected chi connectivity index (χ3v) is 6.16. The molecule has 3 aliphatic rings. The van der Waals surface area contributed by atoms with Gasteiger partial charge < -0.3 is 19.7 Å². The van der Waals surface area contributed by atoms with Crippen LogP contribution in [0.3, 0.4) is 0 Å². The lowest BCUT2D eigenvalue weighted by Crippen LogP contribution is -2.29. The number of benzene rings is 1. The van der Waals surface area contributed by atoms with Crippen LogP contribution in [-0.4, -0.2) is 57.0 Å². The number of nitrogens with zero attached hydrogens (tertiary/aromatic N) is 2. The van der Waals surface area contributed by atoms with Crippen LogP contribution in [0.15, 0.2) is 51.9 Å². The molecular formula is C24H29N3O4. The van der Waals surface area contributed by atoms with Gasteiger partial charge in [-0.3, -0.25) is 9.59 Å². The van der Waals surface area contributed by atoms with Gasteiger partial charge in [-0.2, -0.15) is 0 Å². The Morgan fingerprint density at radius 2 is 1.77 bits per heavy atom. The molecule has 1 fully saturated rings. The van der Waals surface area contributed by atoms with Gasteiger partial charge in [0.1, 0.15) is 11.6 Å². The van der Waals surface area contributed by atoms with E-state index in [-0.39, 0.29) is 11.8 Å². The van der Waals surface area contributed by atoms with Crippen LogP contribution in [0.4, 0.5) is 0 Å². The standard InChI is InChI=1S/C24H29N3O4/c1-27(2)24(29)17-6-4-16(5-7-17)23(28)26-21-14-19-20(30-3)9-8-18(22(19)25-21)15-10-12-31-13-11-15/h4-7,15H,8-14H2,1-3H3,(H,25,26,28). The molecule has 164 valence electrons. The maximum Gasteiger partial charge on any atom is 0.256 e. The van der Waals surface area contributed by atoms with E-state index in [1.165, 1.54) is 10.5 Å². The number of amides is 2. The number of methoxy groups -OCH3 is 1. The van der Waals surface area contributed by atoms with Gasteiger partial charge >= 0.3 is 0 Å². The van der Waals surface area contributed by atoms with Crippen LogP contribution in [0.1, 0.15) is 52.8 Å². The molecule has 1 aliphatic carbocycles. The average molecular weight is 424 g/mol. The summed E-state index contributed by atoms with van der Waals surface area (Å²) in [4.78, 5) is 31.2. The second-order valence-corrected chi connectivity index (χ2v) is 8.33. The van der Waals surface area contributed by atoms with Gasteiger partial charge in [0.05, 0.1) is 12.8 Å². The molecule has 1 aromatic carbocycles. The number of fused-ring (bicyclic) bond motifs is 1. The lowest BCUT2D eigenvalue weighted by atomic mass is 9.82. The number of carbonyl (C=O) groups excluding carboxylic acids is 2. The number of rotatable bonds is 4. The van der Waals surface area contributed by atoms with E-state index in [0.717, 1.165) is 55.9 Å². The molecule has 2 amide bonds. The molecule has 1 N–H and O–H groups in total. The summed E-state index contributed by atoms with van der Waals surface area (Å²) in [5, 5.41) is 2.96. The highest BCUT2D eigenvalue weighted by Gasteiger charge is 2.33. The SMILES string of the molecule is COC1=C2CC(NC(=O)c3ccc(C(=O)N(C)C)cc3)=NC2=C(C2CCOCC2)CC1. The maximum atomic E-state index is 12.8. The minimum atomic E-state index is -0.228. The first kappa shape index (κ1) is 21.3. The summed E-state index contributed by atoms with van der Waals surface area (Å²) in [6.45, 7) is 1.58. The van der Waals surface area contributed by atoms with E-state index in [0.29, 0.717) is 29.3 Å². The Balaban J connectivity index is 1.54. The lowest BCUT2D eigenvalue weighted by molar-refractivity contribution is 0.0743. The number of hydrogen-bond donors (Lipinski definition) is 1. The molecule has 0 radical (unpaired) electrons. The van der Waals surface area contributed by atoms with Crippen molar-refractivity contribution >= 4 is 17.6 Å². The average Bonchev–Trinajstić information content (AvgIpc) is 3.22. The molecule has 0 atom stereocenters. The number of amidine groups is 1. The summed E-state index contributed by atoms with van der Waals surface area (Å²) in [6, 6.07) is 6.68. The highest BCUT2D eigenvalue weighted by Crippen LogP contribution is 2.42. The van der Waals surface area contributed by atoms with Crippen molar-refractivity contribution in [3.05, 3.63) is 58.0 Å². The first-order chi connectivity index (χ1) is 15.0. The molecule has 7 heteroatoms. The Hall–Kier alpha value is -2.93. The van der Waals surface area contributed by atoms with Crippen LogP contribution < -0.4 is 5.32 Å². The summed E-state index contributed by atoms with van der Waals surface area (Å²) >= 11 is 0. The minimum Gasteiger partial charge on any atom is -0.501 e. The van der Waals surface area contributed by atoms with Gasteiger partial charge in [-0.1, -0.05) is 0 Å². The fraction of sp³-hybridized carbons (Fsp3) is 0.458. The molecule has 4 rings (SSSR count). The first-order valence-corrected chi connectivity index (χ1v) is 10.8. The van der Waals surface area contributed by atoms with Gasteiger partial charge in [0.15, 0.2) is 0 Å². The van der Waals surface area contributed by atoms with Gasteiger partial charge in [0, 0.05) is 56.9 Å². The van der Waals surface area contributed by atoms with Crippen LogP contribution >= 0.6 is 0 Å². The zero-order valence-electron chi connectivity index (χ0n) is 18.4. The Kier molecular flexibility index (Phi) is 6.23. The predicted octanol–water partition coefficient (Wildman–Crippen LogP) is 3.30. The topological polar surface area (TPSA) is 80.2 Å². The van der Waals surface area contributed by atoms with Crippen molar-refractivity contribution in [1.29, 1.82) is 0 Å². The Bertz CT molecular complexity index is 967. The fourth-order valence-corrected chi connectivity index (χ4v) is 4.47. The highest BCUT2D eigenvalue weighted by atomic mass is 16.5. The Morgan fingerprint density at radius 1 is 1.10 bits per heavy atom. The van der Waals surface area contributed by atoms with E-state index in [2.05, 4.69) is 5.32 Å². The second kappa shape index (κ2) is 9.06. The number of hydrogen-bond acceptors (Lipinski definition) is 5. The molecule has 7 nitrogen and oxygen atoms in total. The van der Waals surface area contributed by atoms with E-state index in [9.17, 15) is 9.59 Å². The minimum absolute atomic E-state index is 0.0946. The smallest absolute Gasteiger partial charge is 0.256 e. The fourth-order valence-electron chi connectivity index (χ4n) is 4.47. The number of carbonyl (C=O) groups is 2. The van der Waals surface area contributed by atoms with Gasteiger partial charge in [0.2, 0.25) is 0 Å². The maximum absolute atomic E-state index is 12.8. The molecule has 31 heavy (non-hydrogen) atoms. The van der Waals surface area contributed by atoms with Gasteiger partial charge in [-0.05, 0) is 55.0 Å². The van der Waals surface area contributed by atoms with Gasteiger partial charge in [-0.15, -0.1) is 0 Å². The Morgan fingerprint density at radius 3 is 2.42 bits per heavy atom. The number of ether oxygens (including phenoxy) is 2. The predicted molar refractivity (Wildman–Crippen MR) is 118 cm³/mol. The summed E-state index contributed by atoms with van der Waals surface area (Å²) in [5.74, 6) is 1.77. The van der Waals surface area contributed by atoms with Crippen molar-refractivity contribution < 1.29 is 19.1 Å². The van der Waals surface area contributed by atoms with Crippen molar-refractivity contribution in [2.24, 2.45) is 10.9 Å². The van der Waals surface area contributed by atoms with E-state index in [4.69, 9.17) is 14.5 Å². The van der Waals surface area contributed by atoms with Crippen molar-refractivity contribution in [2.45, 2.75) is 32.1 Å². The third-order valence-electron chi connectivity index (χ3n) is 6.16. The summed E-state index contributed by atoms with van der Waals surface area (Å²) < 4.78 is 11.2. The van der Waals surface area contributed by atoms with E-state index in [1.807, 2.05) is 0 Å². The monoisotopic (exact) mass is 423 g/mol. The first-order valence-electron chi connectivity index (χ1n) is 10.8. The molecule has 0 spiro atoms. The number of aliphatic imine (C=N–C) groups is 1. The van der Waals surface area contributed by atoms with Crippen molar-refractivity contribution in [2.75, 3.05) is 34.4 Å². The summed E-state index contributed by atoms with van der Waals surface area (Å²) in [5.41, 5.74) is 4.50. The van der Waals surface area contributed by atoms with Crippen LogP contribution in [0, 0.1) is 5.92 Å². The van der Waals surface area contributed by atoms with Crippen LogP contribution in [0.2, 0.25) is 0 Å². The summed E-state index contributed by atoms with van der Waals surface area (Å²) in [6.07, 6.45) is 4.42. The molecular weight excluding hydrogens is 394 g/mol. The molecule has 0 aromatic heterocycles. The molecule has 1 aromatic rings.